The number of ether oxygens (including phenoxy) is 3. The number of anilines is 2. The van der Waals surface area contributed by atoms with Gasteiger partial charge in [0, 0.05) is 80.8 Å². The number of likely N-dealkylation sites (N-methyl/N-ethyl adjacent to an activating group) is 1. The molecule has 2 aliphatic heterocycles. The molecule has 0 aliphatic carbocycles. The zero-order valence-corrected chi connectivity index (χ0v) is 40.4. The first-order valence-corrected chi connectivity index (χ1v) is 23.7. The summed E-state index contributed by atoms with van der Waals surface area (Å²) in [5, 5.41) is 13.3. The predicted molar refractivity (Wildman–Crippen MR) is 267 cm³/mol. The number of primary amides is 1. The Labute approximate surface area is 411 Å². The second kappa shape index (κ2) is 24.2. The number of hydrogen-bond donors (Lipinski definition) is 6. The predicted octanol–water partition coefficient (Wildman–Crippen LogP) is 4.00. The number of quaternary nitrogens is 1. The van der Waals surface area contributed by atoms with Gasteiger partial charge in [0.05, 0.1) is 18.8 Å². The van der Waals surface area contributed by atoms with Crippen molar-refractivity contribution in [3.63, 3.8) is 0 Å². The first kappa shape index (κ1) is 51.2. The number of piperazine rings is 1. The van der Waals surface area contributed by atoms with Crippen molar-refractivity contribution in [2.75, 3.05) is 96.4 Å². The van der Waals surface area contributed by atoms with Crippen molar-refractivity contribution in [2.45, 2.75) is 38.3 Å². The maximum absolute atomic E-state index is 14.3. The molecule has 376 valence electrons. The fourth-order valence-corrected chi connectivity index (χ4v) is 8.45. The molecule has 20 heteroatoms. The van der Waals surface area contributed by atoms with Crippen LogP contribution in [-0.2, 0) is 20.9 Å². The minimum atomic E-state index is -0.871. The van der Waals surface area contributed by atoms with Crippen molar-refractivity contribution < 1.29 is 53.1 Å². The number of allylic oxidation sites excluding steroid dienone is 1. The van der Waals surface area contributed by atoms with Crippen molar-refractivity contribution in [2.24, 2.45) is 5.73 Å². The molecule has 4 aromatic carbocycles. The second-order valence-electron chi connectivity index (χ2n) is 17.5. The van der Waals surface area contributed by atoms with E-state index in [4.69, 9.17) is 24.4 Å². The molecule has 0 radical (unpaired) electrons. The first-order valence-electron chi connectivity index (χ1n) is 23.7. The fraction of sp³-hybridized carbons (Fsp3) is 0.373. The van der Waals surface area contributed by atoms with Crippen LogP contribution >= 0.6 is 0 Å². The minimum Gasteiger partial charge on any atom is -0.492 e. The van der Waals surface area contributed by atoms with E-state index in [9.17, 15) is 28.8 Å². The highest BCUT2D eigenvalue weighted by Crippen LogP contribution is 2.46. The van der Waals surface area contributed by atoms with Gasteiger partial charge in [-0.2, -0.15) is 0 Å². The summed E-state index contributed by atoms with van der Waals surface area (Å²) >= 11 is 0. The minimum absolute atomic E-state index is 0.0213. The van der Waals surface area contributed by atoms with Crippen molar-refractivity contribution in [3.8, 4) is 11.5 Å². The lowest BCUT2D eigenvalue weighted by Gasteiger charge is -2.33. The number of carbonyl (C=O) groups excluding carboxylic acids is 6. The van der Waals surface area contributed by atoms with E-state index in [0.717, 1.165) is 28.3 Å². The largest absolute Gasteiger partial charge is 0.492 e. The Morgan fingerprint density at radius 1 is 0.915 bits per heavy atom. The molecule has 1 fully saturated rings. The van der Waals surface area contributed by atoms with Crippen LogP contribution in [0.4, 0.5) is 25.8 Å². The summed E-state index contributed by atoms with van der Waals surface area (Å²) in [6.45, 7) is 5.76. The highest BCUT2D eigenvalue weighted by atomic mass is 16.6. The summed E-state index contributed by atoms with van der Waals surface area (Å²) < 4.78 is 23.8. The molecule has 3 heterocycles. The zero-order chi connectivity index (χ0) is 50.4. The molecule has 2 atom stereocenters. The third kappa shape index (κ3) is 13.4. The van der Waals surface area contributed by atoms with E-state index in [1.807, 2.05) is 68.4 Å². The van der Waals surface area contributed by atoms with E-state index in [0.29, 0.717) is 66.7 Å². The van der Waals surface area contributed by atoms with E-state index >= 15 is 0 Å². The molecule has 7 amide bonds. The lowest BCUT2D eigenvalue weighted by Crippen LogP contribution is -2.55. The van der Waals surface area contributed by atoms with Gasteiger partial charge >= 0.3 is 18.2 Å². The van der Waals surface area contributed by atoms with Crippen molar-refractivity contribution in [3.05, 3.63) is 108 Å². The van der Waals surface area contributed by atoms with Gasteiger partial charge in [-0.25, -0.2) is 14.4 Å². The van der Waals surface area contributed by atoms with Crippen molar-refractivity contribution in [1.82, 2.24) is 30.7 Å². The molecule has 71 heavy (non-hydrogen) atoms. The number of urea groups is 1. The second-order valence-corrected chi connectivity index (χ2v) is 17.5. The van der Waals surface area contributed by atoms with Crippen molar-refractivity contribution in [1.29, 1.82) is 0 Å². The van der Waals surface area contributed by atoms with E-state index < -0.39 is 30.2 Å². The number of furan rings is 1. The van der Waals surface area contributed by atoms with Crippen LogP contribution in [0.3, 0.4) is 0 Å². The van der Waals surface area contributed by atoms with Gasteiger partial charge in [0.25, 0.3) is 5.91 Å². The number of amides is 7. The normalized spacial score (nSPS) is 14.9. The van der Waals surface area contributed by atoms with Gasteiger partial charge in [0.2, 0.25) is 11.8 Å². The Bertz CT molecular complexity index is 2730. The standard InChI is InChI=1S/C51H62N10O10/c1-4-8-34-31-61(48(64)44-28-35-27-37(16-17-42(35)70-44)68-26-25-58(2)3)41-29-43(38-9-5-6-10-39(38)46(34)41)71-51(67)60-23-21-59(22-24-60)50(66)69-32-33-12-14-36(15-13-33)56-47(63)40(11-7-19-55-49(53)65)57-45(62)30-54-20-18-52/h4-6,8-10,12-17,27-29,34,40,54H,7,11,18-26,30-32,52H2,1-3H3,(H,56,63)(H,57,62)(H3,53,55,65)/p+1/b8-4+/t34?,40-/m0/s1. The Balaban J connectivity index is 0.943. The number of fused-ring (bicyclic) bond motifs is 4. The SMILES string of the molecule is C/C=C/C1CN(C(=O)c2cc3cc(OCCN(C)C)ccc3o2)c2cc(OC(=O)N3CCN(C(=O)OCc4ccc(NC(=O)[C@H](CCCNC(N)=O)NC(=O)CNCC[NH3+])cc4)CC3)c3ccccc3c21. The topological polar surface area (TPSA) is 258 Å². The molecule has 5 aromatic rings. The van der Waals surface area contributed by atoms with Gasteiger partial charge < -0.3 is 71.0 Å². The van der Waals surface area contributed by atoms with Crippen LogP contribution < -0.4 is 47.1 Å². The third-order valence-corrected chi connectivity index (χ3v) is 12.1. The summed E-state index contributed by atoms with van der Waals surface area (Å²) in [6.07, 6.45) is 3.54. The molecule has 1 aromatic heterocycles. The monoisotopic (exact) mass is 975 g/mol. The summed E-state index contributed by atoms with van der Waals surface area (Å²) in [6, 6.07) is 21.8. The van der Waals surface area contributed by atoms with Gasteiger partial charge in [-0.1, -0.05) is 48.6 Å². The molecular formula is C51H63N10O10+. The Hall–Kier alpha value is -7.68. The quantitative estimate of drug-likeness (QED) is 0.0478. The molecule has 1 saturated heterocycles. The maximum Gasteiger partial charge on any atom is 0.415 e. The highest BCUT2D eigenvalue weighted by molar-refractivity contribution is 6.11. The van der Waals surface area contributed by atoms with Gasteiger partial charge in [-0.15, -0.1) is 0 Å². The van der Waals surface area contributed by atoms with Crippen LogP contribution in [0.25, 0.3) is 21.7 Å². The molecule has 20 nitrogen and oxygen atoms in total. The molecule has 0 bridgehead atoms. The highest BCUT2D eigenvalue weighted by Gasteiger charge is 2.36. The Morgan fingerprint density at radius 2 is 1.65 bits per heavy atom. The number of nitrogens with one attached hydrogen (secondary N) is 4. The fourth-order valence-electron chi connectivity index (χ4n) is 8.45. The third-order valence-electron chi connectivity index (χ3n) is 12.1. The van der Waals surface area contributed by atoms with Crippen LogP contribution in [0.2, 0.25) is 0 Å². The van der Waals surface area contributed by atoms with Crippen LogP contribution in [0, 0.1) is 0 Å². The number of nitrogens with zero attached hydrogens (tertiary/aromatic N) is 4. The number of nitrogens with two attached hydrogens (primary N) is 1. The van der Waals surface area contributed by atoms with Gasteiger partial charge in [-0.05, 0) is 86.8 Å². The lowest BCUT2D eigenvalue weighted by molar-refractivity contribution is -0.365. The molecule has 1 unspecified atom stereocenters. The summed E-state index contributed by atoms with van der Waals surface area (Å²) in [5.74, 6) is -0.0927. The molecular weight excluding hydrogens is 913 g/mol. The smallest absolute Gasteiger partial charge is 0.415 e. The van der Waals surface area contributed by atoms with E-state index in [1.165, 1.54) is 9.80 Å². The van der Waals surface area contributed by atoms with E-state index in [2.05, 4.69) is 33.1 Å². The molecule has 9 N–H and O–H groups in total. The summed E-state index contributed by atoms with van der Waals surface area (Å²) in [4.78, 5) is 84.9. The van der Waals surface area contributed by atoms with E-state index in [-0.39, 0.29) is 75.8 Å². The molecule has 2 aliphatic rings. The van der Waals surface area contributed by atoms with Crippen LogP contribution in [0.5, 0.6) is 11.5 Å². The maximum atomic E-state index is 14.3. The zero-order valence-electron chi connectivity index (χ0n) is 40.4. The summed E-state index contributed by atoms with van der Waals surface area (Å²) in [5.41, 5.74) is 12.1. The van der Waals surface area contributed by atoms with Crippen LogP contribution in [0.15, 0.2) is 95.4 Å². The molecule has 0 saturated carbocycles. The van der Waals surface area contributed by atoms with Crippen molar-refractivity contribution >= 4 is 69.1 Å². The lowest BCUT2D eigenvalue weighted by atomic mass is 9.94. The molecule has 0 spiro atoms. The Morgan fingerprint density at radius 3 is 2.35 bits per heavy atom. The summed E-state index contributed by atoms with van der Waals surface area (Å²) in [7, 11) is 3.96. The Kier molecular flexibility index (Phi) is 17.5. The van der Waals surface area contributed by atoms with Gasteiger partial charge in [-0.3, -0.25) is 14.4 Å². The first-order chi connectivity index (χ1) is 34.3. The van der Waals surface area contributed by atoms with Crippen LogP contribution in [0.1, 0.15) is 47.4 Å². The average molecular weight is 976 g/mol. The molecule has 7 rings (SSSR count). The number of carbonyl (C=O) groups is 6. The van der Waals surface area contributed by atoms with Gasteiger partial charge in [0.1, 0.15) is 36.3 Å². The van der Waals surface area contributed by atoms with Crippen LogP contribution in [-0.4, -0.2) is 143 Å². The number of hydrogen-bond acceptors (Lipinski definition) is 12. The number of benzene rings is 4. The van der Waals surface area contributed by atoms with Gasteiger partial charge in [0.15, 0.2) is 5.76 Å². The number of rotatable bonds is 20. The van der Waals surface area contributed by atoms with E-state index in [1.54, 1.807) is 47.4 Å². The average Bonchev–Trinajstić information content (AvgIpc) is 3.96.